The summed E-state index contributed by atoms with van der Waals surface area (Å²) in [5.74, 6) is -0.316. The van der Waals surface area contributed by atoms with Crippen LogP contribution in [0, 0.1) is 23.6 Å². The summed E-state index contributed by atoms with van der Waals surface area (Å²) >= 11 is 0. The van der Waals surface area contributed by atoms with Gasteiger partial charge < -0.3 is 0 Å². The van der Waals surface area contributed by atoms with Gasteiger partial charge in [-0.3, -0.25) is 0 Å². The normalized spacial score (nSPS) is 10.6. The van der Waals surface area contributed by atoms with Gasteiger partial charge in [0.05, 0.1) is 0 Å². The van der Waals surface area contributed by atoms with Gasteiger partial charge in [-0.2, -0.15) is 0 Å². The summed E-state index contributed by atoms with van der Waals surface area (Å²) in [5.41, 5.74) is 2.62. The second-order valence-corrected chi connectivity index (χ2v) is 4.69. The molecule has 0 amide bonds. The number of allylic oxidation sites excluding steroid dienone is 1. The van der Waals surface area contributed by atoms with Crippen molar-refractivity contribution in [2.45, 2.75) is 13.8 Å². The van der Waals surface area contributed by atoms with E-state index >= 15 is 0 Å². The minimum Gasteiger partial charge on any atom is -0.207 e. The lowest BCUT2D eigenvalue weighted by molar-refractivity contribution is 0.627. The highest BCUT2D eigenvalue weighted by molar-refractivity contribution is 5.78. The Balaban J connectivity index is 2.47. The molecule has 0 N–H and O–H groups in total. The fourth-order valence-electron chi connectivity index (χ4n) is 1.86. The van der Waals surface area contributed by atoms with Gasteiger partial charge in [-0.25, -0.2) is 8.78 Å². The lowest BCUT2D eigenvalue weighted by atomic mass is 9.95. The van der Waals surface area contributed by atoms with Crippen molar-refractivity contribution < 1.29 is 8.78 Å². The third-order valence-corrected chi connectivity index (χ3v) is 2.70. The van der Waals surface area contributed by atoms with Gasteiger partial charge in [-0.1, -0.05) is 38.1 Å². The van der Waals surface area contributed by atoms with Crippen molar-refractivity contribution in [1.29, 1.82) is 0 Å². The second-order valence-electron chi connectivity index (χ2n) is 4.69. The zero-order valence-corrected chi connectivity index (χ0v) is 11.0. The van der Waals surface area contributed by atoms with Gasteiger partial charge in [0.1, 0.15) is 11.6 Å². The third-order valence-electron chi connectivity index (χ3n) is 2.70. The summed E-state index contributed by atoms with van der Waals surface area (Å²) in [4.78, 5) is 0. The first-order valence-electron chi connectivity index (χ1n) is 6.21. The van der Waals surface area contributed by atoms with E-state index in [2.05, 4.69) is 6.08 Å². The molecule has 0 aromatic heterocycles. The van der Waals surface area contributed by atoms with E-state index in [1.54, 1.807) is 24.3 Å². The molecule has 1 radical (unpaired) electrons. The molecule has 0 nitrogen and oxygen atoms in total. The minimum atomic E-state index is -0.272. The molecule has 2 rings (SSSR count). The predicted octanol–water partition coefficient (Wildman–Crippen LogP) is 4.86. The molecule has 0 unspecified atom stereocenters. The Kier molecular flexibility index (Phi) is 4.10. The van der Waals surface area contributed by atoms with Crippen LogP contribution in [0.25, 0.3) is 5.57 Å². The average molecular weight is 257 g/mol. The first-order valence-corrected chi connectivity index (χ1v) is 6.21. The largest absolute Gasteiger partial charge is 0.207 e. The van der Waals surface area contributed by atoms with E-state index in [0.29, 0.717) is 0 Å². The van der Waals surface area contributed by atoms with Gasteiger partial charge in [0.2, 0.25) is 0 Å². The molecule has 2 heteroatoms. The van der Waals surface area contributed by atoms with Gasteiger partial charge in [-0.05, 0) is 53.0 Å². The molecule has 97 valence electrons. The quantitative estimate of drug-likeness (QED) is 0.737. The van der Waals surface area contributed by atoms with Crippen LogP contribution in [0.4, 0.5) is 8.78 Å². The van der Waals surface area contributed by atoms with Crippen molar-refractivity contribution in [1.82, 2.24) is 0 Å². The van der Waals surface area contributed by atoms with Gasteiger partial charge in [-0.15, -0.1) is 0 Å². The Labute approximate surface area is 112 Å². The zero-order valence-electron chi connectivity index (χ0n) is 11.0. The van der Waals surface area contributed by atoms with Crippen LogP contribution in [-0.2, 0) is 0 Å². The molecular weight excluding hydrogens is 242 g/mol. The van der Waals surface area contributed by atoms with E-state index in [1.165, 1.54) is 24.3 Å². The summed E-state index contributed by atoms with van der Waals surface area (Å²) in [7, 11) is 0. The molecule has 0 aliphatic carbocycles. The van der Waals surface area contributed by atoms with Crippen molar-refractivity contribution in [3.05, 3.63) is 77.4 Å². The molecule has 2 aromatic rings. The highest BCUT2D eigenvalue weighted by Gasteiger charge is 2.07. The molecule has 0 saturated heterocycles. The fourth-order valence-corrected chi connectivity index (χ4v) is 1.86. The number of hydrogen-bond donors (Lipinski definition) is 0. The van der Waals surface area contributed by atoms with Crippen molar-refractivity contribution >= 4 is 5.57 Å². The minimum absolute atomic E-state index is 0.227. The van der Waals surface area contributed by atoms with E-state index in [1.807, 2.05) is 13.8 Å². The van der Waals surface area contributed by atoms with Gasteiger partial charge in [0, 0.05) is 0 Å². The molecule has 0 saturated carbocycles. The fraction of sp³-hybridized carbons (Fsp3) is 0.176. The molecule has 2 aromatic carbocycles. The third kappa shape index (κ3) is 3.50. The van der Waals surface area contributed by atoms with Crippen molar-refractivity contribution in [2.75, 3.05) is 0 Å². The Morgan fingerprint density at radius 3 is 1.47 bits per heavy atom. The van der Waals surface area contributed by atoms with Crippen molar-refractivity contribution in [3.8, 4) is 0 Å². The smallest absolute Gasteiger partial charge is 0.123 e. The monoisotopic (exact) mass is 257 g/mol. The maximum Gasteiger partial charge on any atom is 0.123 e. The highest BCUT2D eigenvalue weighted by Crippen LogP contribution is 2.25. The lowest BCUT2D eigenvalue weighted by Gasteiger charge is -2.10. The van der Waals surface area contributed by atoms with E-state index in [4.69, 9.17) is 0 Å². The summed E-state index contributed by atoms with van der Waals surface area (Å²) in [6.07, 6.45) is 3.32. The van der Waals surface area contributed by atoms with Crippen molar-refractivity contribution in [2.24, 2.45) is 5.92 Å². The number of rotatable bonds is 3. The zero-order chi connectivity index (χ0) is 13.8. The maximum atomic E-state index is 13.0. The molecule has 0 fully saturated rings. The summed E-state index contributed by atoms with van der Waals surface area (Å²) in [6.45, 7) is 4.04. The standard InChI is InChI=1S/C17H15F2/c1-12(2)11-17(13-3-7-15(18)8-4-13)14-5-9-16(19)10-6-14/h3-10,12H,1-2H3. The Morgan fingerprint density at radius 2 is 1.16 bits per heavy atom. The molecule has 0 atom stereocenters. The first kappa shape index (κ1) is 13.5. The molecule has 0 aliphatic heterocycles. The van der Waals surface area contributed by atoms with Crippen LogP contribution >= 0.6 is 0 Å². The molecule has 0 spiro atoms. The van der Waals surface area contributed by atoms with Crippen LogP contribution in [0.2, 0.25) is 0 Å². The molecule has 0 aliphatic rings. The Bertz CT molecular complexity index is 516. The number of hydrogen-bond acceptors (Lipinski definition) is 0. The van der Waals surface area contributed by atoms with Gasteiger partial charge >= 0.3 is 0 Å². The van der Waals surface area contributed by atoms with Crippen LogP contribution in [0.15, 0.2) is 48.5 Å². The number of benzene rings is 2. The summed E-state index contributed by atoms with van der Waals surface area (Å²) in [5, 5.41) is 0. The maximum absolute atomic E-state index is 13.0. The molecule has 19 heavy (non-hydrogen) atoms. The predicted molar refractivity (Wildman–Crippen MR) is 73.4 cm³/mol. The van der Waals surface area contributed by atoms with Gasteiger partial charge in [0.15, 0.2) is 0 Å². The molecular formula is C17H15F2. The van der Waals surface area contributed by atoms with Crippen LogP contribution in [-0.4, -0.2) is 0 Å². The lowest BCUT2D eigenvalue weighted by Crippen LogP contribution is -1.93. The highest BCUT2D eigenvalue weighted by atomic mass is 19.1. The van der Waals surface area contributed by atoms with Crippen molar-refractivity contribution in [3.63, 3.8) is 0 Å². The van der Waals surface area contributed by atoms with Crippen LogP contribution in [0.3, 0.4) is 0 Å². The summed E-state index contributed by atoms with van der Waals surface area (Å²) in [6, 6.07) is 12.5. The van der Waals surface area contributed by atoms with Crippen LogP contribution in [0.5, 0.6) is 0 Å². The summed E-state index contributed by atoms with van der Waals surface area (Å²) < 4.78 is 26.0. The number of halogens is 2. The van der Waals surface area contributed by atoms with E-state index in [-0.39, 0.29) is 17.6 Å². The molecule has 0 heterocycles. The average Bonchev–Trinajstić information content (AvgIpc) is 2.38. The van der Waals surface area contributed by atoms with Gasteiger partial charge in [0.25, 0.3) is 0 Å². The Hall–Kier alpha value is -1.96. The van der Waals surface area contributed by atoms with E-state index in [0.717, 1.165) is 16.7 Å². The van der Waals surface area contributed by atoms with E-state index in [9.17, 15) is 8.78 Å². The second kappa shape index (κ2) is 5.79. The van der Waals surface area contributed by atoms with Crippen LogP contribution < -0.4 is 0 Å². The SMILES string of the molecule is CC(C)[C]=C(c1ccc(F)cc1)c1ccc(F)cc1. The Morgan fingerprint density at radius 1 is 0.789 bits per heavy atom. The van der Waals surface area contributed by atoms with E-state index < -0.39 is 0 Å². The molecule has 0 bridgehead atoms. The van der Waals surface area contributed by atoms with Crippen LogP contribution in [0.1, 0.15) is 25.0 Å². The first-order chi connectivity index (χ1) is 9.06. The topological polar surface area (TPSA) is 0 Å².